The lowest BCUT2D eigenvalue weighted by atomic mass is 9.89. The summed E-state index contributed by atoms with van der Waals surface area (Å²) < 4.78 is 0. The summed E-state index contributed by atoms with van der Waals surface area (Å²) in [5, 5.41) is 1.89. The SMILES string of the molecule is Clc1cccc(C2CCN(c3cccc(-c4ncc5ccccc5n4)c3)CC2)c1. The Balaban J connectivity index is 1.35. The summed E-state index contributed by atoms with van der Waals surface area (Å²) in [7, 11) is 0. The van der Waals surface area contributed by atoms with Crippen LogP contribution >= 0.6 is 11.6 Å². The van der Waals surface area contributed by atoms with Crippen molar-refractivity contribution < 1.29 is 0 Å². The summed E-state index contributed by atoms with van der Waals surface area (Å²) in [4.78, 5) is 11.8. The first-order valence-electron chi connectivity index (χ1n) is 10.1. The molecule has 1 fully saturated rings. The number of anilines is 1. The minimum Gasteiger partial charge on any atom is -0.371 e. The van der Waals surface area contributed by atoms with Gasteiger partial charge < -0.3 is 4.90 Å². The van der Waals surface area contributed by atoms with Crippen LogP contribution < -0.4 is 4.90 Å². The van der Waals surface area contributed by atoms with Crippen LogP contribution in [0.5, 0.6) is 0 Å². The number of hydrogen-bond donors (Lipinski definition) is 0. The summed E-state index contributed by atoms with van der Waals surface area (Å²) >= 11 is 6.18. The van der Waals surface area contributed by atoms with Gasteiger partial charge in [-0.25, -0.2) is 9.97 Å². The zero-order valence-electron chi connectivity index (χ0n) is 16.1. The Morgan fingerprint density at radius 1 is 0.862 bits per heavy atom. The van der Waals surface area contributed by atoms with E-state index in [2.05, 4.69) is 52.3 Å². The van der Waals surface area contributed by atoms with Gasteiger partial charge >= 0.3 is 0 Å². The molecule has 5 rings (SSSR count). The minimum absolute atomic E-state index is 0.581. The van der Waals surface area contributed by atoms with E-state index in [0.717, 1.165) is 53.2 Å². The van der Waals surface area contributed by atoms with Crippen molar-refractivity contribution in [3.05, 3.63) is 89.6 Å². The number of para-hydroxylation sites is 1. The first kappa shape index (κ1) is 18.1. The molecule has 0 aliphatic carbocycles. The van der Waals surface area contributed by atoms with E-state index in [1.165, 1.54) is 11.3 Å². The maximum atomic E-state index is 6.18. The van der Waals surface area contributed by atoms with Gasteiger partial charge in [0, 0.05) is 40.9 Å². The largest absolute Gasteiger partial charge is 0.371 e. The molecule has 0 atom stereocenters. The van der Waals surface area contributed by atoms with Crippen LogP contribution in [0.25, 0.3) is 22.3 Å². The van der Waals surface area contributed by atoms with Crippen LogP contribution in [0.1, 0.15) is 24.3 Å². The second-order valence-electron chi connectivity index (χ2n) is 7.62. The predicted molar refractivity (Wildman–Crippen MR) is 121 cm³/mol. The molecule has 2 heterocycles. The highest BCUT2D eigenvalue weighted by atomic mass is 35.5. The molecular formula is C25H22ClN3. The molecule has 1 aliphatic heterocycles. The van der Waals surface area contributed by atoms with Gasteiger partial charge in [-0.2, -0.15) is 0 Å². The van der Waals surface area contributed by atoms with E-state index < -0.39 is 0 Å². The summed E-state index contributed by atoms with van der Waals surface area (Å²) in [6.07, 6.45) is 4.18. The lowest BCUT2D eigenvalue weighted by Gasteiger charge is -2.34. The maximum Gasteiger partial charge on any atom is 0.159 e. The lowest BCUT2D eigenvalue weighted by Crippen LogP contribution is -2.32. The standard InChI is InChI=1S/C25H22ClN3/c26-22-8-3-6-19(15-22)18-11-13-29(14-12-18)23-9-4-7-20(16-23)25-27-17-21-5-1-2-10-24(21)28-25/h1-10,15-18H,11-14H2. The zero-order valence-corrected chi connectivity index (χ0v) is 16.9. The average Bonchev–Trinajstić information content (AvgIpc) is 2.79. The van der Waals surface area contributed by atoms with Gasteiger partial charge in [0.25, 0.3) is 0 Å². The van der Waals surface area contributed by atoms with Gasteiger partial charge in [-0.1, -0.05) is 54.1 Å². The van der Waals surface area contributed by atoms with E-state index in [0.29, 0.717) is 5.92 Å². The highest BCUT2D eigenvalue weighted by Crippen LogP contribution is 2.32. The molecule has 4 aromatic rings. The third-order valence-corrected chi connectivity index (χ3v) is 6.01. The molecule has 1 aromatic heterocycles. The number of hydrogen-bond acceptors (Lipinski definition) is 3. The first-order chi connectivity index (χ1) is 14.3. The number of benzene rings is 3. The van der Waals surface area contributed by atoms with Crippen LogP contribution in [0.15, 0.2) is 79.0 Å². The van der Waals surface area contributed by atoms with Gasteiger partial charge in [-0.3, -0.25) is 0 Å². The van der Waals surface area contributed by atoms with Crippen LogP contribution in [-0.2, 0) is 0 Å². The second kappa shape index (κ2) is 7.84. The molecular weight excluding hydrogens is 378 g/mol. The topological polar surface area (TPSA) is 29.0 Å². The maximum absolute atomic E-state index is 6.18. The van der Waals surface area contributed by atoms with Crippen molar-refractivity contribution in [1.29, 1.82) is 0 Å². The molecule has 3 nitrogen and oxygen atoms in total. The van der Waals surface area contributed by atoms with Gasteiger partial charge in [0.2, 0.25) is 0 Å². The lowest BCUT2D eigenvalue weighted by molar-refractivity contribution is 0.505. The Morgan fingerprint density at radius 3 is 2.55 bits per heavy atom. The molecule has 3 aromatic carbocycles. The quantitative estimate of drug-likeness (QED) is 0.402. The molecule has 1 saturated heterocycles. The normalized spacial score (nSPS) is 15.0. The van der Waals surface area contributed by atoms with E-state index in [1.54, 1.807) is 0 Å². The Bertz CT molecular complexity index is 1150. The van der Waals surface area contributed by atoms with Crippen molar-refractivity contribution in [2.75, 3.05) is 18.0 Å². The van der Waals surface area contributed by atoms with Crippen molar-refractivity contribution in [1.82, 2.24) is 9.97 Å². The fraction of sp³-hybridized carbons (Fsp3) is 0.200. The minimum atomic E-state index is 0.581. The third-order valence-electron chi connectivity index (χ3n) is 5.77. The molecule has 4 heteroatoms. The monoisotopic (exact) mass is 399 g/mol. The highest BCUT2D eigenvalue weighted by molar-refractivity contribution is 6.30. The predicted octanol–water partition coefficient (Wildman–Crippen LogP) is 6.33. The van der Waals surface area contributed by atoms with Crippen molar-refractivity contribution in [3.63, 3.8) is 0 Å². The molecule has 0 unspecified atom stereocenters. The fourth-order valence-corrected chi connectivity index (χ4v) is 4.38. The molecule has 0 radical (unpaired) electrons. The first-order valence-corrected chi connectivity index (χ1v) is 10.5. The second-order valence-corrected chi connectivity index (χ2v) is 8.06. The number of aromatic nitrogens is 2. The molecule has 0 N–H and O–H groups in total. The van der Waals surface area contributed by atoms with Gasteiger partial charge in [-0.15, -0.1) is 0 Å². The smallest absolute Gasteiger partial charge is 0.159 e. The third kappa shape index (κ3) is 3.83. The van der Waals surface area contributed by atoms with Gasteiger partial charge in [0.15, 0.2) is 5.82 Å². The fourth-order valence-electron chi connectivity index (χ4n) is 4.18. The number of piperidine rings is 1. The molecule has 0 bridgehead atoms. The summed E-state index contributed by atoms with van der Waals surface area (Å²) in [5.41, 5.74) is 4.63. The Kier molecular flexibility index (Phi) is 4.91. The van der Waals surface area contributed by atoms with Crippen LogP contribution in [0.4, 0.5) is 5.69 Å². The van der Waals surface area contributed by atoms with Crippen molar-refractivity contribution >= 4 is 28.2 Å². The van der Waals surface area contributed by atoms with Crippen molar-refractivity contribution in [2.45, 2.75) is 18.8 Å². The van der Waals surface area contributed by atoms with Gasteiger partial charge in [0.05, 0.1) is 5.52 Å². The van der Waals surface area contributed by atoms with Crippen LogP contribution in [0, 0.1) is 0 Å². The van der Waals surface area contributed by atoms with E-state index in [9.17, 15) is 0 Å². The zero-order chi connectivity index (χ0) is 19.6. The summed E-state index contributed by atoms with van der Waals surface area (Å²) in [5.74, 6) is 1.36. The van der Waals surface area contributed by atoms with E-state index >= 15 is 0 Å². The number of nitrogens with zero attached hydrogens (tertiary/aromatic N) is 3. The molecule has 0 spiro atoms. The van der Waals surface area contributed by atoms with E-state index in [-0.39, 0.29) is 0 Å². The Morgan fingerprint density at radius 2 is 1.69 bits per heavy atom. The molecule has 0 saturated carbocycles. The average molecular weight is 400 g/mol. The Hall–Kier alpha value is -2.91. The van der Waals surface area contributed by atoms with Crippen LogP contribution in [0.3, 0.4) is 0 Å². The summed E-state index contributed by atoms with van der Waals surface area (Å²) in [6, 6.07) is 25.0. The number of halogens is 1. The number of rotatable bonds is 3. The number of fused-ring (bicyclic) bond motifs is 1. The van der Waals surface area contributed by atoms with Crippen LogP contribution in [0.2, 0.25) is 5.02 Å². The molecule has 29 heavy (non-hydrogen) atoms. The highest BCUT2D eigenvalue weighted by Gasteiger charge is 2.21. The summed E-state index contributed by atoms with van der Waals surface area (Å²) in [6.45, 7) is 2.08. The Labute approximate surface area is 176 Å². The van der Waals surface area contributed by atoms with Gasteiger partial charge in [0.1, 0.15) is 0 Å². The molecule has 144 valence electrons. The van der Waals surface area contributed by atoms with Crippen molar-refractivity contribution in [3.8, 4) is 11.4 Å². The van der Waals surface area contributed by atoms with Crippen molar-refractivity contribution in [2.24, 2.45) is 0 Å². The van der Waals surface area contributed by atoms with Gasteiger partial charge in [-0.05, 0) is 54.7 Å². The van der Waals surface area contributed by atoms with E-state index in [1.807, 2.05) is 36.5 Å². The molecule has 0 amide bonds. The molecule has 1 aliphatic rings. The van der Waals surface area contributed by atoms with Crippen LogP contribution in [-0.4, -0.2) is 23.1 Å². The van der Waals surface area contributed by atoms with E-state index in [4.69, 9.17) is 16.6 Å².